The number of nitrogens with one attached hydrogen (secondary N) is 2. The number of likely N-dealkylation sites (tertiary alicyclic amines) is 1. The number of aromatic nitrogens is 3. The van der Waals surface area contributed by atoms with E-state index in [4.69, 9.17) is 10.1 Å². The second kappa shape index (κ2) is 17.9. The summed E-state index contributed by atoms with van der Waals surface area (Å²) in [4.78, 5) is 43.4. The molecule has 60 heavy (non-hydrogen) atoms. The van der Waals surface area contributed by atoms with Crippen LogP contribution in [0.5, 0.6) is 0 Å². The molecule has 3 aliphatic heterocycles. The molecule has 3 aromatic carbocycles. The van der Waals surface area contributed by atoms with Crippen molar-refractivity contribution in [3.63, 3.8) is 0 Å². The third kappa shape index (κ3) is 9.29. The van der Waals surface area contributed by atoms with Gasteiger partial charge >= 0.3 is 0 Å². The number of primary sulfonamides is 1. The van der Waals surface area contributed by atoms with Crippen LogP contribution in [0, 0.1) is 18.7 Å². The Morgan fingerprint density at radius 1 is 0.917 bits per heavy atom. The van der Waals surface area contributed by atoms with E-state index in [1.54, 1.807) is 31.3 Å². The zero-order valence-electron chi connectivity index (χ0n) is 33.9. The van der Waals surface area contributed by atoms with Crippen LogP contribution in [0.2, 0.25) is 0 Å². The number of sulfonamides is 1. The van der Waals surface area contributed by atoms with Gasteiger partial charge in [-0.2, -0.15) is 0 Å². The van der Waals surface area contributed by atoms with Gasteiger partial charge in [-0.3, -0.25) is 14.9 Å². The number of aryl methyl sites for hydroxylation is 1. The van der Waals surface area contributed by atoms with Gasteiger partial charge in [0.15, 0.2) is 0 Å². The minimum absolute atomic E-state index is 0.0242. The lowest BCUT2D eigenvalue weighted by molar-refractivity contribution is -0.134. The van der Waals surface area contributed by atoms with E-state index in [0.717, 1.165) is 69.7 Å². The lowest BCUT2D eigenvalue weighted by Gasteiger charge is -2.38. The molecule has 3 aliphatic rings. The number of anilines is 3. The molecule has 2 atom stereocenters. The highest BCUT2D eigenvalue weighted by molar-refractivity contribution is 7.89. The topological polar surface area (TPSA) is 164 Å². The predicted octanol–water partition coefficient (Wildman–Crippen LogP) is 7.81. The van der Waals surface area contributed by atoms with Crippen LogP contribution < -0.4 is 20.7 Å². The normalized spacial score (nSPS) is 19.0. The van der Waals surface area contributed by atoms with Crippen LogP contribution in [0.4, 0.5) is 21.7 Å². The molecule has 314 valence electrons. The number of rotatable bonds is 12. The van der Waals surface area contributed by atoms with E-state index in [2.05, 4.69) is 66.8 Å². The molecule has 0 bridgehead atoms. The molecule has 3 fully saturated rings. The maximum Gasteiger partial charge on any atom is 0.234 e. The summed E-state index contributed by atoms with van der Waals surface area (Å²) in [5.74, 6) is 0.299. The zero-order chi connectivity index (χ0) is 42.0. The molecule has 12 nitrogen and oxygen atoms in total. The summed E-state index contributed by atoms with van der Waals surface area (Å²) < 4.78 is 40.5. The van der Waals surface area contributed by atoms with Crippen molar-refractivity contribution in [3.8, 4) is 21.8 Å². The van der Waals surface area contributed by atoms with Crippen molar-refractivity contribution >= 4 is 50.5 Å². The average molecular weight is 851 g/mol. The lowest BCUT2D eigenvalue weighted by atomic mass is 9.88. The van der Waals surface area contributed by atoms with E-state index in [-0.39, 0.29) is 35.3 Å². The molecule has 2 amide bonds. The second-order valence-corrected chi connectivity index (χ2v) is 19.2. The highest BCUT2D eigenvalue weighted by Crippen LogP contribution is 2.40. The third-order valence-electron chi connectivity index (χ3n) is 12.3. The molecule has 8 rings (SSSR count). The SMILES string of the molecule is CCC(c1cccc(-c2nc(C)sc2-c2ccnc(Nc3ccc(C4CCN(CC5CCN(c6ccc(C7CCC(=O)NC7=O)cc6)CC5)CC4)cc3)n2)c1F)S(N)(=O)=O. The van der Waals surface area contributed by atoms with Crippen molar-refractivity contribution in [2.24, 2.45) is 11.1 Å². The number of carbonyl (C=O) groups is 2. The minimum Gasteiger partial charge on any atom is -0.372 e. The Hall–Kier alpha value is -5.09. The van der Waals surface area contributed by atoms with E-state index in [9.17, 15) is 18.0 Å². The van der Waals surface area contributed by atoms with Crippen LogP contribution in [0.3, 0.4) is 0 Å². The fraction of sp³-hybridized carbons (Fsp3) is 0.400. The Kier molecular flexibility index (Phi) is 12.4. The van der Waals surface area contributed by atoms with Gasteiger partial charge < -0.3 is 15.1 Å². The molecule has 4 N–H and O–H groups in total. The van der Waals surface area contributed by atoms with Gasteiger partial charge in [0.1, 0.15) is 11.1 Å². The Labute approximate surface area is 354 Å². The average Bonchev–Trinajstić information content (AvgIpc) is 3.63. The first-order valence-electron chi connectivity index (χ1n) is 20.8. The van der Waals surface area contributed by atoms with E-state index < -0.39 is 21.1 Å². The number of thiazole rings is 1. The number of halogens is 1. The Morgan fingerprint density at radius 2 is 1.63 bits per heavy atom. The number of nitrogens with two attached hydrogens (primary N) is 1. The van der Waals surface area contributed by atoms with Crippen molar-refractivity contribution in [1.82, 2.24) is 25.2 Å². The summed E-state index contributed by atoms with van der Waals surface area (Å²) in [6.07, 6.45) is 7.33. The minimum atomic E-state index is -4.01. The highest BCUT2D eigenvalue weighted by Gasteiger charge is 2.30. The molecular formula is C45H51FN8O4S2. The number of nitrogens with zero attached hydrogens (tertiary/aromatic N) is 5. The van der Waals surface area contributed by atoms with Crippen molar-refractivity contribution < 1.29 is 22.4 Å². The first-order valence-corrected chi connectivity index (χ1v) is 23.2. The number of hydrogen-bond donors (Lipinski definition) is 3. The number of benzene rings is 3. The first-order chi connectivity index (χ1) is 28.9. The van der Waals surface area contributed by atoms with Crippen LogP contribution >= 0.6 is 11.3 Å². The number of amides is 2. The van der Waals surface area contributed by atoms with Gasteiger partial charge in [0.25, 0.3) is 0 Å². The summed E-state index contributed by atoms with van der Waals surface area (Å²) in [5, 5.41) is 10.8. The smallest absolute Gasteiger partial charge is 0.234 e. The summed E-state index contributed by atoms with van der Waals surface area (Å²) >= 11 is 1.38. The summed E-state index contributed by atoms with van der Waals surface area (Å²) in [5.41, 5.74) is 5.53. The quantitative estimate of drug-likeness (QED) is 0.106. The molecule has 15 heteroatoms. The largest absolute Gasteiger partial charge is 0.372 e. The Balaban J connectivity index is 0.832. The summed E-state index contributed by atoms with van der Waals surface area (Å²) in [6.45, 7) is 8.87. The standard InChI is InChI=1S/C45H51FN8O4S2/c1-3-39(60(47,57)58)36-5-4-6-37(41(36)46)42-43(59-28(2)49-42)38-17-22-48-45(51-38)50-33-11-7-30(8-12-33)31-20-23-53(24-21-31)27-29-18-25-54(26-19-29)34-13-9-32(10-14-34)35-15-16-40(55)52-44(35)56/h4-14,17,22,29,31,35,39H,3,15-16,18-21,23-27H2,1-2H3,(H2,47,57,58)(H,48,50,51)(H,52,55,56). The molecular weight excluding hydrogens is 800 g/mol. The van der Waals surface area contributed by atoms with Gasteiger partial charge in [-0.05, 0) is 118 Å². The Bertz CT molecular complexity index is 2450. The third-order valence-corrected chi connectivity index (χ3v) is 14.7. The predicted molar refractivity (Wildman–Crippen MR) is 234 cm³/mol. The number of piperidine rings is 3. The second-order valence-electron chi connectivity index (χ2n) is 16.2. The van der Waals surface area contributed by atoms with E-state index in [1.165, 1.54) is 28.7 Å². The van der Waals surface area contributed by atoms with Gasteiger partial charge in [-0.25, -0.2) is 32.9 Å². The molecule has 2 aromatic heterocycles. The van der Waals surface area contributed by atoms with Gasteiger partial charge in [0.2, 0.25) is 27.8 Å². The molecule has 0 radical (unpaired) electrons. The molecule has 5 aromatic rings. The highest BCUT2D eigenvalue weighted by atomic mass is 32.2. The van der Waals surface area contributed by atoms with Gasteiger partial charge in [-0.15, -0.1) is 11.3 Å². The van der Waals surface area contributed by atoms with Gasteiger partial charge in [0.05, 0.1) is 27.2 Å². The van der Waals surface area contributed by atoms with Crippen molar-refractivity contribution in [3.05, 3.63) is 107 Å². The van der Waals surface area contributed by atoms with Crippen LogP contribution in [0.25, 0.3) is 21.8 Å². The Morgan fingerprint density at radius 3 is 2.32 bits per heavy atom. The van der Waals surface area contributed by atoms with Crippen LogP contribution in [0.1, 0.15) is 90.7 Å². The number of carbonyl (C=O) groups excluding carboxylic acids is 2. The van der Waals surface area contributed by atoms with Crippen LogP contribution in [0.15, 0.2) is 79.0 Å². The molecule has 0 saturated carbocycles. The van der Waals surface area contributed by atoms with E-state index >= 15 is 4.39 Å². The maximum atomic E-state index is 16.0. The monoisotopic (exact) mass is 850 g/mol. The molecule has 0 aliphatic carbocycles. The van der Waals surface area contributed by atoms with Crippen LogP contribution in [-0.2, 0) is 19.6 Å². The summed E-state index contributed by atoms with van der Waals surface area (Å²) in [6, 6.07) is 23.3. The van der Waals surface area contributed by atoms with Crippen molar-refractivity contribution in [2.45, 2.75) is 75.9 Å². The fourth-order valence-corrected chi connectivity index (χ4v) is 10.9. The van der Waals surface area contributed by atoms with Gasteiger partial charge in [-0.1, -0.05) is 43.3 Å². The molecule has 2 unspecified atom stereocenters. The summed E-state index contributed by atoms with van der Waals surface area (Å²) in [7, 11) is -4.01. The van der Waals surface area contributed by atoms with Crippen molar-refractivity contribution in [2.75, 3.05) is 42.9 Å². The van der Waals surface area contributed by atoms with Gasteiger partial charge in [0, 0.05) is 54.8 Å². The molecule has 3 saturated heterocycles. The van der Waals surface area contributed by atoms with Crippen LogP contribution in [-0.4, -0.2) is 72.8 Å². The van der Waals surface area contributed by atoms with E-state index in [1.807, 2.05) is 19.1 Å². The van der Waals surface area contributed by atoms with Crippen molar-refractivity contribution in [1.29, 1.82) is 0 Å². The fourth-order valence-electron chi connectivity index (χ4n) is 9.02. The maximum absolute atomic E-state index is 16.0. The zero-order valence-corrected chi connectivity index (χ0v) is 35.6. The van der Waals surface area contributed by atoms with E-state index in [0.29, 0.717) is 51.9 Å². The first kappa shape index (κ1) is 41.6. The number of imide groups is 1. The lowest BCUT2D eigenvalue weighted by Crippen LogP contribution is -2.41. The molecule has 0 spiro atoms. The number of hydrogen-bond acceptors (Lipinski definition) is 11. The molecule has 5 heterocycles.